The van der Waals surface area contributed by atoms with Crippen LogP contribution in [0.25, 0.3) is 0 Å². The first kappa shape index (κ1) is 11.5. The lowest BCUT2D eigenvalue weighted by atomic mass is 9.77. The molecule has 2 aliphatic carbocycles. The van der Waals surface area contributed by atoms with Gasteiger partial charge in [0.15, 0.2) is 0 Å². The topological polar surface area (TPSA) is 37.3 Å². The zero-order valence-corrected chi connectivity index (χ0v) is 9.92. The third-order valence-corrected chi connectivity index (χ3v) is 4.27. The normalized spacial score (nSPS) is 32.9. The lowest BCUT2D eigenvalue weighted by Crippen LogP contribution is -2.21. The van der Waals surface area contributed by atoms with Crippen molar-refractivity contribution >= 4 is 5.97 Å². The van der Waals surface area contributed by atoms with E-state index in [0.29, 0.717) is 11.8 Å². The van der Waals surface area contributed by atoms with Crippen molar-refractivity contribution in [2.24, 2.45) is 17.8 Å². The Kier molecular flexibility index (Phi) is 2.69. The van der Waals surface area contributed by atoms with E-state index in [2.05, 4.69) is 12.2 Å². The average Bonchev–Trinajstić information content (AvgIpc) is 2.88. The number of rotatable bonds is 3. The molecule has 1 aromatic carbocycles. The summed E-state index contributed by atoms with van der Waals surface area (Å²) in [6.07, 6.45) is 5.48. The largest absolute Gasteiger partial charge is 0.481 e. The first-order valence-corrected chi connectivity index (χ1v) is 6.31. The molecular weight excluding hydrogens is 231 g/mol. The van der Waals surface area contributed by atoms with Gasteiger partial charge in [-0.1, -0.05) is 24.3 Å². The molecule has 4 unspecified atom stereocenters. The van der Waals surface area contributed by atoms with Crippen molar-refractivity contribution in [2.45, 2.75) is 18.8 Å². The van der Waals surface area contributed by atoms with E-state index in [0.717, 1.165) is 12.0 Å². The van der Waals surface area contributed by atoms with E-state index in [1.807, 2.05) is 6.07 Å². The molecule has 0 radical (unpaired) electrons. The standard InChI is InChI=1S/C15H15FO2/c16-12-3-1-2-10(7-12)15-11-5-4-9(6-11)13(15)8-14(17)18/h1-5,7,9,11,13,15H,6,8H2,(H,17,18). The molecule has 2 nitrogen and oxygen atoms in total. The molecule has 1 fully saturated rings. The minimum atomic E-state index is -0.762. The number of benzene rings is 1. The van der Waals surface area contributed by atoms with Crippen LogP contribution in [0.4, 0.5) is 4.39 Å². The van der Waals surface area contributed by atoms with E-state index in [9.17, 15) is 9.18 Å². The SMILES string of the molecule is O=C(O)CC1C2C=CC(C2)C1c1cccc(F)c1. The summed E-state index contributed by atoms with van der Waals surface area (Å²) in [5, 5.41) is 9.02. The molecule has 1 saturated carbocycles. The van der Waals surface area contributed by atoms with Crippen LogP contribution < -0.4 is 0 Å². The van der Waals surface area contributed by atoms with E-state index in [1.54, 1.807) is 12.1 Å². The van der Waals surface area contributed by atoms with Gasteiger partial charge in [0.25, 0.3) is 0 Å². The Balaban J connectivity index is 1.94. The van der Waals surface area contributed by atoms with Crippen LogP contribution in [0.2, 0.25) is 0 Å². The van der Waals surface area contributed by atoms with Crippen molar-refractivity contribution in [3.63, 3.8) is 0 Å². The first-order chi connectivity index (χ1) is 8.65. The van der Waals surface area contributed by atoms with Gasteiger partial charge in [-0.3, -0.25) is 4.79 Å². The molecule has 0 heterocycles. The highest BCUT2D eigenvalue weighted by molar-refractivity contribution is 5.67. The summed E-state index contributed by atoms with van der Waals surface area (Å²) in [7, 11) is 0. The molecule has 2 bridgehead atoms. The fourth-order valence-corrected chi connectivity index (χ4v) is 3.61. The van der Waals surface area contributed by atoms with Crippen LogP contribution in [0.1, 0.15) is 24.3 Å². The lowest BCUT2D eigenvalue weighted by molar-refractivity contribution is -0.138. The zero-order chi connectivity index (χ0) is 12.7. The van der Waals surface area contributed by atoms with Crippen molar-refractivity contribution in [2.75, 3.05) is 0 Å². The first-order valence-electron chi connectivity index (χ1n) is 6.31. The molecule has 18 heavy (non-hydrogen) atoms. The Morgan fingerprint density at radius 3 is 2.83 bits per heavy atom. The van der Waals surface area contributed by atoms with Crippen molar-refractivity contribution < 1.29 is 14.3 Å². The van der Waals surface area contributed by atoms with Gasteiger partial charge in [0, 0.05) is 6.42 Å². The molecule has 0 spiro atoms. The number of carboxylic acids is 1. The molecule has 2 aliphatic rings. The quantitative estimate of drug-likeness (QED) is 0.831. The fraction of sp³-hybridized carbons (Fsp3) is 0.400. The van der Waals surface area contributed by atoms with E-state index >= 15 is 0 Å². The van der Waals surface area contributed by atoms with Crippen LogP contribution in [0.15, 0.2) is 36.4 Å². The maximum atomic E-state index is 13.3. The van der Waals surface area contributed by atoms with Gasteiger partial charge in [-0.15, -0.1) is 0 Å². The van der Waals surface area contributed by atoms with Crippen LogP contribution in [-0.2, 0) is 4.79 Å². The fourth-order valence-electron chi connectivity index (χ4n) is 3.61. The second-order valence-electron chi connectivity index (χ2n) is 5.29. The summed E-state index contributed by atoms with van der Waals surface area (Å²) in [6, 6.07) is 6.60. The highest BCUT2D eigenvalue weighted by Gasteiger charge is 2.45. The monoisotopic (exact) mass is 246 g/mol. The minimum Gasteiger partial charge on any atom is -0.481 e. The van der Waals surface area contributed by atoms with Crippen LogP contribution in [0.3, 0.4) is 0 Å². The molecule has 0 amide bonds. The Bertz CT molecular complexity index is 509. The molecule has 3 rings (SSSR count). The number of hydrogen-bond acceptors (Lipinski definition) is 1. The second kappa shape index (κ2) is 4.23. The lowest BCUT2D eigenvalue weighted by Gasteiger charge is -2.27. The van der Waals surface area contributed by atoms with Gasteiger partial charge in [-0.2, -0.15) is 0 Å². The van der Waals surface area contributed by atoms with Gasteiger partial charge in [0.2, 0.25) is 0 Å². The smallest absolute Gasteiger partial charge is 0.303 e. The predicted octanol–water partition coefficient (Wildman–Crippen LogP) is 3.21. The molecule has 0 aromatic heterocycles. The Hall–Kier alpha value is -1.64. The molecule has 0 saturated heterocycles. The number of aliphatic carboxylic acids is 1. The van der Waals surface area contributed by atoms with Gasteiger partial charge in [-0.05, 0) is 47.8 Å². The summed E-state index contributed by atoms with van der Waals surface area (Å²) >= 11 is 0. The highest BCUT2D eigenvalue weighted by Crippen LogP contribution is 2.54. The van der Waals surface area contributed by atoms with Crippen LogP contribution in [-0.4, -0.2) is 11.1 Å². The van der Waals surface area contributed by atoms with Crippen molar-refractivity contribution in [3.05, 3.63) is 47.8 Å². The number of hydrogen-bond donors (Lipinski definition) is 1. The number of halogens is 1. The van der Waals surface area contributed by atoms with Crippen LogP contribution in [0.5, 0.6) is 0 Å². The highest BCUT2D eigenvalue weighted by atomic mass is 19.1. The Labute approximate surface area is 105 Å². The predicted molar refractivity (Wildman–Crippen MR) is 65.6 cm³/mol. The average molecular weight is 246 g/mol. The summed E-state index contributed by atoms with van der Waals surface area (Å²) in [5.41, 5.74) is 0.943. The van der Waals surface area contributed by atoms with E-state index in [-0.39, 0.29) is 24.1 Å². The third-order valence-electron chi connectivity index (χ3n) is 4.27. The van der Waals surface area contributed by atoms with Crippen molar-refractivity contribution in [1.82, 2.24) is 0 Å². The van der Waals surface area contributed by atoms with Gasteiger partial charge in [0.05, 0.1) is 0 Å². The van der Waals surface area contributed by atoms with E-state index in [4.69, 9.17) is 5.11 Å². The number of allylic oxidation sites excluding steroid dienone is 2. The summed E-state index contributed by atoms with van der Waals surface area (Å²) in [5.74, 6) is -0.0118. The Morgan fingerprint density at radius 1 is 1.33 bits per heavy atom. The molecule has 1 N–H and O–H groups in total. The maximum absolute atomic E-state index is 13.3. The van der Waals surface area contributed by atoms with Crippen LogP contribution in [0, 0.1) is 23.6 Å². The maximum Gasteiger partial charge on any atom is 0.303 e. The summed E-state index contributed by atoms with van der Waals surface area (Å²) < 4.78 is 13.3. The van der Waals surface area contributed by atoms with Crippen LogP contribution >= 0.6 is 0 Å². The molecule has 4 atom stereocenters. The van der Waals surface area contributed by atoms with Crippen molar-refractivity contribution in [1.29, 1.82) is 0 Å². The number of carbonyl (C=O) groups is 1. The van der Waals surface area contributed by atoms with Gasteiger partial charge in [-0.25, -0.2) is 4.39 Å². The molecule has 94 valence electrons. The second-order valence-corrected chi connectivity index (χ2v) is 5.29. The number of carboxylic acid groups (broad SMARTS) is 1. The van der Waals surface area contributed by atoms with Crippen molar-refractivity contribution in [3.8, 4) is 0 Å². The number of fused-ring (bicyclic) bond motifs is 2. The van der Waals surface area contributed by atoms with E-state index < -0.39 is 5.97 Å². The van der Waals surface area contributed by atoms with E-state index in [1.165, 1.54) is 6.07 Å². The summed E-state index contributed by atoms with van der Waals surface area (Å²) in [4.78, 5) is 11.0. The molecule has 1 aromatic rings. The minimum absolute atomic E-state index is 0.110. The molecule has 3 heteroatoms. The summed E-state index contributed by atoms with van der Waals surface area (Å²) in [6.45, 7) is 0. The van der Waals surface area contributed by atoms with Gasteiger partial charge < -0.3 is 5.11 Å². The van der Waals surface area contributed by atoms with Gasteiger partial charge >= 0.3 is 5.97 Å². The zero-order valence-electron chi connectivity index (χ0n) is 9.92. The molecular formula is C15H15FO2. The third kappa shape index (κ3) is 1.84. The van der Waals surface area contributed by atoms with Gasteiger partial charge in [0.1, 0.15) is 5.82 Å². The molecule has 0 aliphatic heterocycles. The Morgan fingerprint density at radius 2 is 2.11 bits per heavy atom.